The van der Waals surface area contributed by atoms with Crippen molar-refractivity contribution in [3.8, 4) is 0 Å². The highest BCUT2D eigenvalue weighted by Crippen LogP contribution is 2.27. The Morgan fingerprint density at radius 1 is 1.29 bits per heavy atom. The molecule has 14 heavy (non-hydrogen) atoms. The highest BCUT2D eigenvalue weighted by Gasteiger charge is 2.36. The summed E-state index contributed by atoms with van der Waals surface area (Å²) in [7, 11) is 3.62. The molecular formula is C10H18N2O2. The van der Waals surface area contributed by atoms with Crippen LogP contribution in [0, 0.1) is 0 Å². The van der Waals surface area contributed by atoms with Crippen LogP contribution in [0.3, 0.4) is 0 Å². The zero-order chi connectivity index (χ0) is 10.1. The van der Waals surface area contributed by atoms with Gasteiger partial charge in [-0.2, -0.15) is 0 Å². The lowest BCUT2D eigenvalue weighted by atomic mass is 9.92. The van der Waals surface area contributed by atoms with E-state index in [1.807, 2.05) is 4.90 Å². The summed E-state index contributed by atoms with van der Waals surface area (Å²) in [5, 5.41) is 0. The summed E-state index contributed by atoms with van der Waals surface area (Å²) in [5.41, 5.74) is 0. The Labute approximate surface area is 84.8 Å². The highest BCUT2D eigenvalue weighted by molar-refractivity contribution is 5.67. The number of ether oxygens (including phenoxy) is 1. The van der Waals surface area contributed by atoms with Gasteiger partial charge in [-0.05, 0) is 19.9 Å². The van der Waals surface area contributed by atoms with E-state index in [0.717, 1.165) is 13.1 Å². The lowest BCUT2D eigenvalue weighted by molar-refractivity contribution is 0.0104. The van der Waals surface area contributed by atoms with Gasteiger partial charge in [0.25, 0.3) is 0 Å². The number of hydrogen-bond acceptors (Lipinski definition) is 3. The molecule has 0 aromatic heterocycles. The average molecular weight is 198 g/mol. The predicted octanol–water partition coefficient (Wildman–Crippen LogP) is 0.921. The van der Waals surface area contributed by atoms with Crippen molar-refractivity contribution in [2.24, 2.45) is 0 Å². The van der Waals surface area contributed by atoms with Gasteiger partial charge < -0.3 is 9.64 Å². The van der Waals surface area contributed by atoms with Crippen LogP contribution in [0.1, 0.15) is 19.3 Å². The van der Waals surface area contributed by atoms with Crippen LogP contribution in [0.15, 0.2) is 0 Å². The summed E-state index contributed by atoms with van der Waals surface area (Å²) in [6.45, 7) is 1.67. The number of carbonyl (C=O) groups is 1. The maximum Gasteiger partial charge on any atom is 0.409 e. The molecule has 2 unspecified atom stereocenters. The van der Waals surface area contributed by atoms with Crippen LogP contribution in [-0.2, 0) is 4.74 Å². The first-order chi connectivity index (χ1) is 6.72. The van der Waals surface area contributed by atoms with Crippen LogP contribution >= 0.6 is 0 Å². The number of likely N-dealkylation sites (tertiary alicyclic amines) is 1. The van der Waals surface area contributed by atoms with E-state index >= 15 is 0 Å². The number of amides is 1. The number of hydrogen-bond donors (Lipinski definition) is 0. The van der Waals surface area contributed by atoms with Crippen LogP contribution in [0.5, 0.6) is 0 Å². The fraction of sp³-hybridized carbons (Fsp3) is 0.900. The normalized spacial score (nSPS) is 32.9. The lowest BCUT2D eigenvalue weighted by Gasteiger charge is -2.47. The maximum atomic E-state index is 11.4. The number of carbonyl (C=O) groups excluding carboxylic acids is 1. The van der Waals surface area contributed by atoms with Gasteiger partial charge in [0, 0.05) is 25.2 Å². The topological polar surface area (TPSA) is 32.8 Å². The number of methoxy groups -OCH3 is 1. The Morgan fingerprint density at radius 2 is 1.86 bits per heavy atom. The minimum Gasteiger partial charge on any atom is -0.453 e. The molecular weight excluding hydrogens is 180 g/mol. The molecule has 0 radical (unpaired) electrons. The van der Waals surface area contributed by atoms with Crippen molar-refractivity contribution >= 4 is 6.09 Å². The third kappa shape index (κ3) is 1.59. The summed E-state index contributed by atoms with van der Waals surface area (Å²) in [4.78, 5) is 15.7. The molecule has 4 heteroatoms. The first-order valence-corrected chi connectivity index (χ1v) is 5.27. The third-order valence-electron chi connectivity index (χ3n) is 3.52. The standard InChI is InChI=1S/C10H18N2O2/c1-11-8-4-3-5-9(11)7-12(6-8)10(13)14-2/h8-9H,3-7H2,1-2H3. The van der Waals surface area contributed by atoms with E-state index in [9.17, 15) is 4.79 Å². The molecule has 0 aromatic carbocycles. The fourth-order valence-electron chi connectivity index (χ4n) is 2.60. The number of likely N-dealkylation sites (N-methyl/N-ethyl adjacent to an activating group) is 1. The van der Waals surface area contributed by atoms with Gasteiger partial charge in [0.15, 0.2) is 0 Å². The Balaban J connectivity index is 2.03. The number of nitrogens with zero attached hydrogens (tertiary/aromatic N) is 2. The Bertz CT molecular complexity index is 218. The van der Waals surface area contributed by atoms with Gasteiger partial charge in [-0.15, -0.1) is 0 Å². The second kappa shape index (κ2) is 3.77. The average Bonchev–Trinajstić information content (AvgIpc) is 2.16. The van der Waals surface area contributed by atoms with Crippen LogP contribution in [0.4, 0.5) is 4.79 Å². The van der Waals surface area contributed by atoms with Crippen molar-refractivity contribution in [3.63, 3.8) is 0 Å². The molecule has 4 nitrogen and oxygen atoms in total. The first-order valence-electron chi connectivity index (χ1n) is 5.27. The van der Waals surface area contributed by atoms with Crippen LogP contribution in [-0.4, -0.2) is 55.2 Å². The molecule has 0 aliphatic carbocycles. The SMILES string of the molecule is COC(=O)N1CC2CCCC(C1)N2C. The molecule has 0 aromatic rings. The van der Waals surface area contributed by atoms with Crippen LogP contribution in [0.2, 0.25) is 0 Å². The summed E-state index contributed by atoms with van der Waals surface area (Å²) in [6, 6.07) is 1.09. The van der Waals surface area contributed by atoms with Crippen molar-refractivity contribution < 1.29 is 9.53 Å². The highest BCUT2D eigenvalue weighted by atomic mass is 16.5. The molecule has 1 amide bonds. The van der Waals surface area contributed by atoms with Gasteiger partial charge in [0.2, 0.25) is 0 Å². The molecule has 2 fully saturated rings. The molecule has 2 heterocycles. The van der Waals surface area contributed by atoms with E-state index in [1.54, 1.807) is 0 Å². The smallest absolute Gasteiger partial charge is 0.409 e. The van der Waals surface area contributed by atoms with Gasteiger partial charge in [0.1, 0.15) is 0 Å². The van der Waals surface area contributed by atoms with E-state index in [1.165, 1.54) is 26.4 Å². The van der Waals surface area contributed by atoms with E-state index < -0.39 is 0 Å². The lowest BCUT2D eigenvalue weighted by Crippen LogP contribution is -2.60. The molecule has 0 N–H and O–H groups in total. The number of piperazine rings is 1. The minimum atomic E-state index is -0.171. The summed E-state index contributed by atoms with van der Waals surface area (Å²) >= 11 is 0. The van der Waals surface area contributed by atoms with E-state index in [0.29, 0.717) is 12.1 Å². The summed E-state index contributed by atoms with van der Waals surface area (Å²) < 4.78 is 4.76. The molecule has 2 rings (SSSR count). The second-order valence-electron chi connectivity index (χ2n) is 4.28. The maximum absolute atomic E-state index is 11.4. The van der Waals surface area contributed by atoms with Gasteiger partial charge >= 0.3 is 6.09 Å². The van der Waals surface area contributed by atoms with E-state index in [4.69, 9.17) is 4.74 Å². The Hall–Kier alpha value is -0.770. The van der Waals surface area contributed by atoms with E-state index in [-0.39, 0.29) is 6.09 Å². The van der Waals surface area contributed by atoms with Crippen LogP contribution < -0.4 is 0 Å². The molecule has 0 saturated carbocycles. The quantitative estimate of drug-likeness (QED) is 0.580. The second-order valence-corrected chi connectivity index (χ2v) is 4.28. The summed E-state index contributed by atoms with van der Waals surface area (Å²) in [6.07, 6.45) is 3.55. The van der Waals surface area contributed by atoms with Gasteiger partial charge in [-0.1, -0.05) is 6.42 Å². The molecule has 2 atom stereocenters. The van der Waals surface area contributed by atoms with Crippen LogP contribution in [0.25, 0.3) is 0 Å². The predicted molar refractivity (Wildman–Crippen MR) is 53.2 cm³/mol. The molecule has 0 spiro atoms. The Kier molecular flexibility index (Phi) is 2.63. The van der Waals surface area contributed by atoms with Gasteiger partial charge in [-0.25, -0.2) is 4.79 Å². The molecule has 80 valence electrons. The minimum absolute atomic E-state index is 0.171. The van der Waals surface area contributed by atoms with Crippen molar-refractivity contribution in [3.05, 3.63) is 0 Å². The van der Waals surface area contributed by atoms with Gasteiger partial charge in [-0.3, -0.25) is 4.90 Å². The monoisotopic (exact) mass is 198 g/mol. The molecule has 2 aliphatic rings. The van der Waals surface area contributed by atoms with Crippen molar-refractivity contribution in [1.82, 2.24) is 9.80 Å². The first kappa shape index (κ1) is 9.77. The molecule has 2 bridgehead atoms. The van der Waals surface area contributed by atoms with Crippen molar-refractivity contribution in [1.29, 1.82) is 0 Å². The van der Waals surface area contributed by atoms with Crippen molar-refractivity contribution in [2.45, 2.75) is 31.3 Å². The van der Waals surface area contributed by atoms with E-state index in [2.05, 4.69) is 11.9 Å². The summed E-state index contributed by atoms with van der Waals surface area (Å²) in [5.74, 6) is 0. The zero-order valence-corrected chi connectivity index (χ0v) is 8.90. The molecule has 2 aliphatic heterocycles. The fourth-order valence-corrected chi connectivity index (χ4v) is 2.60. The number of rotatable bonds is 0. The zero-order valence-electron chi connectivity index (χ0n) is 8.90. The number of piperidine rings is 1. The third-order valence-corrected chi connectivity index (χ3v) is 3.52. The molecule has 2 saturated heterocycles. The largest absolute Gasteiger partial charge is 0.453 e. The Morgan fingerprint density at radius 3 is 2.36 bits per heavy atom. The van der Waals surface area contributed by atoms with Gasteiger partial charge in [0.05, 0.1) is 7.11 Å². The van der Waals surface area contributed by atoms with Crippen molar-refractivity contribution in [2.75, 3.05) is 27.2 Å². The number of fused-ring (bicyclic) bond motifs is 2.